The summed E-state index contributed by atoms with van der Waals surface area (Å²) in [6, 6.07) is 0. The molecular weight excluding hydrogens is 132 g/mol. The van der Waals surface area contributed by atoms with Crippen LogP contribution in [0.1, 0.15) is 19.3 Å². The Labute approximate surface area is 58.3 Å². The number of azo groups is 1. The summed E-state index contributed by atoms with van der Waals surface area (Å²) in [5.41, 5.74) is 0. The van der Waals surface area contributed by atoms with Crippen LogP contribution in [0.25, 0.3) is 0 Å². The van der Waals surface area contributed by atoms with Gasteiger partial charge in [0.25, 0.3) is 0 Å². The SMILES string of the molecule is O=C1N=NC(C2CCC2)O1. The van der Waals surface area contributed by atoms with Gasteiger partial charge in [0.05, 0.1) is 0 Å². The second-order valence-corrected chi connectivity index (χ2v) is 2.68. The molecular formula is C6H8N2O2. The molecule has 1 atom stereocenters. The van der Waals surface area contributed by atoms with Crippen molar-refractivity contribution in [2.45, 2.75) is 25.5 Å². The molecule has 0 saturated heterocycles. The van der Waals surface area contributed by atoms with Gasteiger partial charge in [0, 0.05) is 5.92 Å². The number of hydrogen-bond acceptors (Lipinski definition) is 3. The maximum Gasteiger partial charge on any atom is 0.454 e. The lowest BCUT2D eigenvalue weighted by Crippen LogP contribution is -2.25. The van der Waals surface area contributed by atoms with Crippen LogP contribution in [0, 0.1) is 5.92 Å². The highest BCUT2D eigenvalue weighted by molar-refractivity contribution is 5.68. The average Bonchev–Trinajstić information content (AvgIpc) is 2.10. The van der Waals surface area contributed by atoms with E-state index >= 15 is 0 Å². The van der Waals surface area contributed by atoms with Crippen molar-refractivity contribution in [3.63, 3.8) is 0 Å². The molecule has 0 bridgehead atoms. The Balaban J connectivity index is 1.95. The summed E-state index contributed by atoms with van der Waals surface area (Å²) in [5.74, 6) is 0.454. The Morgan fingerprint density at radius 2 is 2.30 bits per heavy atom. The van der Waals surface area contributed by atoms with Crippen LogP contribution in [0.5, 0.6) is 0 Å². The highest BCUT2D eigenvalue weighted by Crippen LogP contribution is 2.33. The lowest BCUT2D eigenvalue weighted by molar-refractivity contribution is 0.0618. The highest BCUT2D eigenvalue weighted by atomic mass is 16.6. The van der Waals surface area contributed by atoms with E-state index in [1.165, 1.54) is 6.42 Å². The molecule has 4 nitrogen and oxygen atoms in total. The van der Waals surface area contributed by atoms with Crippen molar-refractivity contribution in [3.8, 4) is 0 Å². The van der Waals surface area contributed by atoms with E-state index < -0.39 is 6.09 Å². The van der Waals surface area contributed by atoms with Crippen molar-refractivity contribution < 1.29 is 9.53 Å². The molecule has 4 heteroatoms. The molecule has 0 aromatic carbocycles. The highest BCUT2D eigenvalue weighted by Gasteiger charge is 2.33. The normalized spacial score (nSPS) is 32.0. The fourth-order valence-electron chi connectivity index (χ4n) is 1.17. The van der Waals surface area contributed by atoms with Gasteiger partial charge in [-0.1, -0.05) is 11.5 Å². The Bertz CT molecular complexity index is 186. The monoisotopic (exact) mass is 140 g/mol. The molecule has 2 aliphatic rings. The van der Waals surface area contributed by atoms with E-state index in [1.54, 1.807) is 0 Å². The van der Waals surface area contributed by atoms with Crippen molar-refractivity contribution >= 4 is 6.09 Å². The minimum Gasteiger partial charge on any atom is -0.419 e. The lowest BCUT2D eigenvalue weighted by atomic mass is 9.84. The number of cyclic esters (lactones) is 1. The second kappa shape index (κ2) is 2.04. The van der Waals surface area contributed by atoms with Gasteiger partial charge in [-0.15, -0.1) is 5.11 Å². The quantitative estimate of drug-likeness (QED) is 0.556. The van der Waals surface area contributed by atoms with Gasteiger partial charge in [-0.3, -0.25) is 0 Å². The number of ether oxygens (including phenoxy) is 1. The molecule has 0 aromatic heterocycles. The summed E-state index contributed by atoms with van der Waals surface area (Å²) in [5, 5.41) is 6.98. The molecule has 2 rings (SSSR count). The van der Waals surface area contributed by atoms with Crippen LogP contribution in [0.2, 0.25) is 0 Å². The minimum atomic E-state index is -0.531. The first-order chi connectivity index (χ1) is 4.86. The molecule has 1 amide bonds. The van der Waals surface area contributed by atoms with Crippen LogP contribution >= 0.6 is 0 Å². The Morgan fingerprint density at radius 1 is 1.50 bits per heavy atom. The number of rotatable bonds is 1. The van der Waals surface area contributed by atoms with Crippen molar-refractivity contribution in [1.29, 1.82) is 0 Å². The van der Waals surface area contributed by atoms with Gasteiger partial charge in [0.1, 0.15) is 0 Å². The summed E-state index contributed by atoms with van der Waals surface area (Å²) < 4.78 is 4.79. The average molecular weight is 140 g/mol. The molecule has 1 saturated carbocycles. The fourth-order valence-corrected chi connectivity index (χ4v) is 1.17. The number of carbonyl (C=O) groups is 1. The summed E-state index contributed by atoms with van der Waals surface area (Å²) in [7, 11) is 0. The summed E-state index contributed by atoms with van der Waals surface area (Å²) in [6.07, 6.45) is 2.69. The van der Waals surface area contributed by atoms with Crippen LogP contribution < -0.4 is 0 Å². The molecule has 1 heterocycles. The number of hydrogen-bond donors (Lipinski definition) is 0. The predicted octanol–water partition coefficient (Wildman–Crippen LogP) is 1.72. The van der Waals surface area contributed by atoms with Gasteiger partial charge in [0.2, 0.25) is 6.23 Å². The molecule has 1 unspecified atom stereocenters. The largest absolute Gasteiger partial charge is 0.454 e. The molecule has 1 fully saturated rings. The maximum absolute atomic E-state index is 10.4. The van der Waals surface area contributed by atoms with Gasteiger partial charge in [-0.05, 0) is 12.8 Å². The zero-order valence-corrected chi connectivity index (χ0v) is 5.49. The van der Waals surface area contributed by atoms with Gasteiger partial charge in [-0.25, -0.2) is 4.79 Å². The molecule has 1 aliphatic carbocycles. The van der Waals surface area contributed by atoms with Crippen LogP contribution in [-0.4, -0.2) is 12.3 Å². The molecule has 0 radical (unpaired) electrons. The lowest BCUT2D eigenvalue weighted by Gasteiger charge is -2.26. The van der Waals surface area contributed by atoms with Crippen molar-refractivity contribution in [2.24, 2.45) is 16.1 Å². The first-order valence-corrected chi connectivity index (χ1v) is 3.48. The Kier molecular flexibility index (Phi) is 1.19. The van der Waals surface area contributed by atoms with E-state index in [9.17, 15) is 4.79 Å². The number of carbonyl (C=O) groups excluding carboxylic acids is 1. The summed E-state index contributed by atoms with van der Waals surface area (Å²) >= 11 is 0. The van der Waals surface area contributed by atoms with Crippen LogP contribution in [0.3, 0.4) is 0 Å². The van der Waals surface area contributed by atoms with Crippen molar-refractivity contribution in [1.82, 2.24) is 0 Å². The molecule has 0 aromatic rings. The molecule has 1 aliphatic heterocycles. The minimum absolute atomic E-state index is 0.249. The van der Waals surface area contributed by atoms with Crippen LogP contribution in [-0.2, 0) is 4.74 Å². The van der Waals surface area contributed by atoms with E-state index in [4.69, 9.17) is 4.74 Å². The third kappa shape index (κ3) is 0.798. The summed E-state index contributed by atoms with van der Waals surface area (Å²) in [4.78, 5) is 10.4. The Hall–Kier alpha value is -0.930. The molecule has 10 heavy (non-hydrogen) atoms. The van der Waals surface area contributed by atoms with Gasteiger partial charge >= 0.3 is 6.09 Å². The number of amides is 1. The van der Waals surface area contributed by atoms with E-state index in [-0.39, 0.29) is 6.23 Å². The Morgan fingerprint density at radius 3 is 2.70 bits per heavy atom. The van der Waals surface area contributed by atoms with Gasteiger partial charge in [0.15, 0.2) is 0 Å². The molecule has 0 N–H and O–H groups in total. The van der Waals surface area contributed by atoms with E-state index in [2.05, 4.69) is 10.2 Å². The van der Waals surface area contributed by atoms with Crippen LogP contribution in [0.15, 0.2) is 10.2 Å². The molecule has 0 spiro atoms. The zero-order valence-electron chi connectivity index (χ0n) is 5.49. The zero-order chi connectivity index (χ0) is 6.97. The van der Waals surface area contributed by atoms with Gasteiger partial charge in [-0.2, -0.15) is 0 Å². The predicted molar refractivity (Wildman–Crippen MR) is 32.5 cm³/mol. The third-order valence-electron chi connectivity index (χ3n) is 2.03. The smallest absolute Gasteiger partial charge is 0.419 e. The number of nitrogens with zero attached hydrogens (tertiary/aromatic N) is 2. The van der Waals surface area contributed by atoms with E-state index in [1.807, 2.05) is 0 Å². The standard InChI is InChI=1S/C6H8N2O2/c9-6-8-7-5(10-6)4-2-1-3-4/h4-5H,1-3H2. The fraction of sp³-hybridized carbons (Fsp3) is 0.833. The first kappa shape index (κ1) is 5.82. The second-order valence-electron chi connectivity index (χ2n) is 2.68. The van der Waals surface area contributed by atoms with Crippen molar-refractivity contribution in [2.75, 3.05) is 0 Å². The topological polar surface area (TPSA) is 51.0 Å². The van der Waals surface area contributed by atoms with Crippen LogP contribution in [0.4, 0.5) is 4.79 Å². The van der Waals surface area contributed by atoms with Crippen molar-refractivity contribution in [3.05, 3.63) is 0 Å². The first-order valence-electron chi connectivity index (χ1n) is 3.48. The maximum atomic E-state index is 10.4. The van der Waals surface area contributed by atoms with E-state index in [0.29, 0.717) is 5.92 Å². The molecule has 54 valence electrons. The summed E-state index contributed by atoms with van der Waals surface area (Å²) in [6.45, 7) is 0. The van der Waals surface area contributed by atoms with Gasteiger partial charge < -0.3 is 4.74 Å². The van der Waals surface area contributed by atoms with E-state index in [0.717, 1.165) is 12.8 Å². The third-order valence-corrected chi connectivity index (χ3v) is 2.03.